The van der Waals surface area contributed by atoms with Crippen molar-refractivity contribution in [3.8, 4) is 0 Å². The van der Waals surface area contributed by atoms with E-state index in [1.54, 1.807) is 31.4 Å². The number of benzene rings is 1. The van der Waals surface area contributed by atoms with E-state index in [2.05, 4.69) is 41.3 Å². The SMILES string of the molecule is CNC(=O)CCCCCCN(C)C(=O)c1cnc(N(C)c2ccccc2C(C)C)nc1. The minimum Gasteiger partial charge on any atom is -0.359 e. The van der Waals surface area contributed by atoms with E-state index < -0.39 is 0 Å². The van der Waals surface area contributed by atoms with Crippen LogP contribution in [0.5, 0.6) is 0 Å². The highest BCUT2D eigenvalue weighted by atomic mass is 16.2. The van der Waals surface area contributed by atoms with Crippen LogP contribution in [-0.4, -0.2) is 54.4 Å². The molecular formula is C24H35N5O2. The second kappa shape index (κ2) is 12.0. The van der Waals surface area contributed by atoms with Gasteiger partial charge in [0.25, 0.3) is 5.91 Å². The predicted molar refractivity (Wildman–Crippen MR) is 125 cm³/mol. The normalized spacial score (nSPS) is 10.8. The standard InChI is InChI=1S/C24H35N5O2/c1-18(2)20-12-9-10-13-21(20)29(5)24-26-16-19(17-27-24)23(31)28(4)15-11-7-6-8-14-22(30)25-3/h9-10,12-13,16-18H,6-8,11,14-15H2,1-5H3,(H,25,30). The van der Waals surface area contributed by atoms with Crippen LogP contribution < -0.4 is 10.2 Å². The molecule has 168 valence electrons. The zero-order valence-electron chi connectivity index (χ0n) is 19.4. The summed E-state index contributed by atoms with van der Waals surface area (Å²) < 4.78 is 0. The van der Waals surface area contributed by atoms with Gasteiger partial charge >= 0.3 is 0 Å². The lowest BCUT2D eigenvalue weighted by Gasteiger charge is -2.22. The van der Waals surface area contributed by atoms with Crippen LogP contribution in [0.15, 0.2) is 36.7 Å². The molecule has 0 bridgehead atoms. The molecule has 0 atom stereocenters. The molecule has 2 amide bonds. The van der Waals surface area contributed by atoms with Gasteiger partial charge in [-0.2, -0.15) is 0 Å². The number of amides is 2. The summed E-state index contributed by atoms with van der Waals surface area (Å²) in [5.74, 6) is 0.941. The molecule has 0 aliphatic rings. The lowest BCUT2D eigenvalue weighted by Crippen LogP contribution is -2.28. The molecule has 1 aromatic heterocycles. The fraction of sp³-hybridized carbons (Fsp3) is 0.500. The third kappa shape index (κ3) is 7.05. The number of hydrogen-bond donors (Lipinski definition) is 1. The largest absolute Gasteiger partial charge is 0.359 e. The van der Waals surface area contributed by atoms with Gasteiger partial charge in [-0.1, -0.05) is 44.9 Å². The maximum absolute atomic E-state index is 12.7. The van der Waals surface area contributed by atoms with Gasteiger partial charge < -0.3 is 15.1 Å². The topological polar surface area (TPSA) is 78.4 Å². The number of carbonyl (C=O) groups is 2. The van der Waals surface area contributed by atoms with Gasteiger partial charge in [0.2, 0.25) is 11.9 Å². The average molecular weight is 426 g/mol. The molecule has 31 heavy (non-hydrogen) atoms. The first-order valence-electron chi connectivity index (χ1n) is 11.0. The van der Waals surface area contributed by atoms with Gasteiger partial charge in [-0.15, -0.1) is 0 Å². The monoisotopic (exact) mass is 425 g/mol. The van der Waals surface area contributed by atoms with Crippen molar-refractivity contribution < 1.29 is 9.59 Å². The van der Waals surface area contributed by atoms with Gasteiger partial charge in [-0.25, -0.2) is 9.97 Å². The van der Waals surface area contributed by atoms with Crippen molar-refractivity contribution in [3.63, 3.8) is 0 Å². The highest BCUT2D eigenvalue weighted by molar-refractivity contribution is 5.93. The van der Waals surface area contributed by atoms with E-state index in [-0.39, 0.29) is 11.8 Å². The van der Waals surface area contributed by atoms with E-state index in [1.165, 1.54) is 5.56 Å². The Bertz CT molecular complexity index is 851. The van der Waals surface area contributed by atoms with E-state index in [4.69, 9.17) is 0 Å². The van der Waals surface area contributed by atoms with Crippen molar-refractivity contribution in [3.05, 3.63) is 47.8 Å². The first kappa shape index (κ1) is 24.3. The summed E-state index contributed by atoms with van der Waals surface area (Å²) in [5, 5.41) is 2.63. The lowest BCUT2D eigenvalue weighted by molar-refractivity contribution is -0.120. The molecule has 7 nitrogen and oxygen atoms in total. The molecule has 2 rings (SSSR count). The van der Waals surface area contributed by atoms with E-state index in [0.29, 0.717) is 30.4 Å². The number of para-hydroxylation sites is 1. The zero-order chi connectivity index (χ0) is 22.8. The number of unbranched alkanes of at least 4 members (excludes halogenated alkanes) is 3. The summed E-state index contributed by atoms with van der Waals surface area (Å²) in [6.07, 6.45) is 7.51. The molecule has 0 aliphatic carbocycles. The molecule has 0 saturated heterocycles. The first-order chi connectivity index (χ1) is 14.8. The smallest absolute Gasteiger partial charge is 0.256 e. The van der Waals surface area contributed by atoms with E-state index in [9.17, 15) is 9.59 Å². The summed E-state index contributed by atoms with van der Waals surface area (Å²) in [6, 6.07) is 8.21. The molecule has 0 unspecified atom stereocenters. The second-order valence-corrected chi connectivity index (χ2v) is 8.11. The Morgan fingerprint density at radius 3 is 2.29 bits per heavy atom. The Morgan fingerprint density at radius 1 is 1.00 bits per heavy atom. The lowest BCUT2D eigenvalue weighted by atomic mass is 10.0. The third-order valence-corrected chi connectivity index (χ3v) is 5.38. The number of carbonyl (C=O) groups excluding carboxylic acids is 2. The minimum atomic E-state index is -0.0813. The number of anilines is 2. The number of hydrogen-bond acceptors (Lipinski definition) is 5. The molecule has 1 N–H and O–H groups in total. The second-order valence-electron chi connectivity index (χ2n) is 8.11. The van der Waals surface area contributed by atoms with Crippen molar-refractivity contribution in [2.24, 2.45) is 0 Å². The molecule has 0 spiro atoms. The Hall–Kier alpha value is -2.96. The molecule has 2 aromatic rings. The Balaban J connectivity index is 1.89. The van der Waals surface area contributed by atoms with Crippen molar-refractivity contribution in [1.29, 1.82) is 0 Å². The summed E-state index contributed by atoms with van der Waals surface area (Å²) >= 11 is 0. The number of rotatable bonds is 11. The number of aromatic nitrogens is 2. The van der Waals surface area contributed by atoms with E-state index in [0.717, 1.165) is 31.4 Å². The summed E-state index contributed by atoms with van der Waals surface area (Å²) in [4.78, 5) is 36.4. The van der Waals surface area contributed by atoms with Gasteiger partial charge in [-0.05, 0) is 30.4 Å². The maximum Gasteiger partial charge on any atom is 0.256 e. The summed E-state index contributed by atoms with van der Waals surface area (Å²) in [7, 11) is 5.39. The molecule has 0 aliphatic heterocycles. The quantitative estimate of drug-likeness (QED) is 0.548. The van der Waals surface area contributed by atoms with Crippen LogP contribution in [0.3, 0.4) is 0 Å². The molecule has 1 aromatic carbocycles. The molecule has 0 saturated carbocycles. The average Bonchev–Trinajstić information content (AvgIpc) is 2.79. The van der Waals surface area contributed by atoms with Gasteiger partial charge in [0, 0.05) is 52.2 Å². The number of nitrogens with zero attached hydrogens (tertiary/aromatic N) is 4. The van der Waals surface area contributed by atoms with E-state index in [1.807, 2.05) is 24.1 Å². The van der Waals surface area contributed by atoms with Gasteiger partial charge in [-0.3, -0.25) is 9.59 Å². The van der Waals surface area contributed by atoms with Gasteiger partial charge in [0.15, 0.2) is 0 Å². The van der Waals surface area contributed by atoms with Crippen LogP contribution in [0.1, 0.15) is 67.8 Å². The van der Waals surface area contributed by atoms with E-state index >= 15 is 0 Å². The van der Waals surface area contributed by atoms with Crippen LogP contribution in [-0.2, 0) is 4.79 Å². The molecule has 7 heteroatoms. The Kier molecular flexibility index (Phi) is 9.43. The molecule has 1 heterocycles. The highest BCUT2D eigenvalue weighted by Crippen LogP contribution is 2.29. The zero-order valence-corrected chi connectivity index (χ0v) is 19.4. The van der Waals surface area contributed by atoms with Crippen LogP contribution in [0, 0.1) is 0 Å². The first-order valence-corrected chi connectivity index (χ1v) is 11.0. The van der Waals surface area contributed by atoms with Crippen molar-refractivity contribution >= 4 is 23.5 Å². The van der Waals surface area contributed by atoms with Crippen molar-refractivity contribution in [2.75, 3.05) is 32.6 Å². The van der Waals surface area contributed by atoms with Crippen molar-refractivity contribution in [2.45, 2.75) is 51.9 Å². The third-order valence-electron chi connectivity index (χ3n) is 5.38. The molecule has 0 fully saturated rings. The Morgan fingerprint density at radius 2 is 1.65 bits per heavy atom. The van der Waals surface area contributed by atoms with Crippen LogP contribution in [0.2, 0.25) is 0 Å². The predicted octanol–water partition coefficient (Wildman–Crippen LogP) is 4.14. The highest BCUT2D eigenvalue weighted by Gasteiger charge is 2.16. The van der Waals surface area contributed by atoms with Gasteiger partial charge in [0.05, 0.1) is 5.56 Å². The number of nitrogens with one attached hydrogen (secondary N) is 1. The fourth-order valence-corrected chi connectivity index (χ4v) is 3.43. The van der Waals surface area contributed by atoms with Gasteiger partial charge in [0.1, 0.15) is 0 Å². The van der Waals surface area contributed by atoms with Crippen LogP contribution in [0.25, 0.3) is 0 Å². The van der Waals surface area contributed by atoms with Crippen LogP contribution in [0.4, 0.5) is 11.6 Å². The Labute approximate surface area is 185 Å². The summed E-state index contributed by atoms with van der Waals surface area (Å²) in [5.41, 5.74) is 2.77. The molecule has 0 radical (unpaired) electrons. The molecular weight excluding hydrogens is 390 g/mol. The summed E-state index contributed by atoms with van der Waals surface area (Å²) in [6.45, 7) is 4.99. The fourth-order valence-electron chi connectivity index (χ4n) is 3.43. The minimum absolute atomic E-state index is 0.0779. The van der Waals surface area contributed by atoms with Crippen molar-refractivity contribution in [1.82, 2.24) is 20.2 Å². The van der Waals surface area contributed by atoms with Crippen LogP contribution >= 0.6 is 0 Å². The maximum atomic E-state index is 12.7.